The van der Waals surface area contributed by atoms with Crippen molar-refractivity contribution in [3.63, 3.8) is 0 Å². The molecule has 1 aromatic heterocycles. The van der Waals surface area contributed by atoms with Crippen molar-refractivity contribution in [2.45, 2.75) is 19.9 Å². The van der Waals surface area contributed by atoms with E-state index in [1.54, 1.807) is 13.0 Å². The van der Waals surface area contributed by atoms with E-state index in [1.807, 2.05) is 41.1 Å². The maximum Gasteiger partial charge on any atom is 0.311 e. The van der Waals surface area contributed by atoms with E-state index >= 15 is 0 Å². The summed E-state index contributed by atoms with van der Waals surface area (Å²) >= 11 is 0. The van der Waals surface area contributed by atoms with E-state index in [1.165, 1.54) is 0 Å². The van der Waals surface area contributed by atoms with Gasteiger partial charge in [-0.2, -0.15) is 5.10 Å². The standard InChI is InChI=1S/C16H18N2O2/c1-3-10-18-15(13-8-6-5-7-9-13)11-14(17-18)12-16(19)20-4-2/h3,5-9,11H,1,4,10,12H2,2H3. The molecule has 0 aliphatic rings. The molecule has 0 saturated carbocycles. The zero-order chi connectivity index (χ0) is 14.4. The minimum absolute atomic E-state index is 0.192. The van der Waals surface area contributed by atoms with Gasteiger partial charge in [0.25, 0.3) is 0 Å². The Bertz CT molecular complexity index is 588. The molecule has 0 saturated heterocycles. The molecule has 0 N–H and O–H groups in total. The van der Waals surface area contributed by atoms with Gasteiger partial charge in [-0.05, 0) is 18.6 Å². The van der Waals surface area contributed by atoms with Crippen LogP contribution in [0.3, 0.4) is 0 Å². The molecule has 0 aliphatic heterocycles. The number of nitrogens with zero attached hydrogens (tertiary/aromatic N) is 2. The highest BCUT2D eigenvalue weighted by Crippen LogP contribution is 2.20. The van der Waals surface area contributed by atoms with Crippen LogP contribution in [0.1, 0.15) is 12.6 Å². The van der Waals surface area contributed by atoms with Crippen LogP contribution >= 0.6 is 0 Å². The molecule has 20 heavy (non-hydrogen) atoms. The third-order valence-electron chi connectivity index (χ3n) is 2.83. The average molecular weight is 270 g/mol. The first kappa shape index (κ1) is 14.1. The van der Waals surface area contributed by atoms with Crippen LogP contribution in [0.4, 0.5) is 0 Å². The summed E-state index contributed by atoms with van der Waals surface area (Å²) in [4.78, 5) is 11.5. The number of hydrogen-bond acceptors (Lipinski definition) is 3. The molecule has 0 fully saturated rings. The van der Waals surface area contributed by atoms with Gasteiger partial charge < -0.3 is 4.74 Å². The Kier molecular flexibility index (Phi) is 4.71. The topological polar surface area (TPSA) is 44.1 Å². The summed E-state index contributed by atoms with van der Waals surface area (Å²) < 4.78 is 6.80. The van der Waals surface area contributed by atoms with Crippen molar-refractivity contribution in [3.05, 3.63) is 54.7 Å². The maximum absolute atomic E-state index is 11.5. The lowest BCUT2D eigenvalue weighted by atomic mass is 10.1. The van der Waals surface area contributed by atoms with Crippen molar-refractivity contribution in [1.82, 2.24) is 9.78 Å². The monoisotopic (exact) mass is 270 g/mol. The summed E-state index contributed by atoms with van der Waals surface area (Å²) in [6, 6.07) is 11.9. The predicted octanol–water partition coefficient (Wildman–Crippen LogP) is 2.84. The number of esters is 1. The third kappa shape index (κ3) is 3.35. The lowest BCUT2D eigenvalue weighted by molar-refractivity contribution is -0.142. The average Bonchev–Trinajstić information content (AvgIpc) is 2.83. The second-order valence-electron chi connectivity index (χ2n) is 4.34. The number of allylic oxidation sites excluding steroid dienone is 1. The molecule has 0 radical (unpaired) electrons. The van der Waals surface area contributed by atoms with Gasteiger partial charge in [-0.15, -0.1) is 6.58 Å². The Hall–Kier alpha value is -2.36. The van der Waals surface area contributed by atoms with Gasteiger partial charge in [0.15, 0.2) is 0 Å². The molecule has 0 spiro atoms. The van der Waals surface area contributed by atoms with Crippen LogP contribution in [-0.4, -0.2) is 22.4 Å². The predicted molar refractivity (Wildman–Crippen MR) is 78.2 cm³/mol. The quantitative estimate of drug-likeness (QED) is 0.599. The summed E-state index contributed by atoms with van der Waals surface area (Å²) in [7, 11) is 0. The van der Waals surface area contributed by atoms with Crippen LogP contribution in [-0.2, 0) is 22.5 Å². The lowest BCUT2D eigenvalue weighted by Crippen LogP contribution is -2.08. The van der Waals surface area contributed by atoms with Gasteiger partial charge >= 0.3 is 5.97 Å². The second kappa shape index (κ2) is 6.70. The largest absolute Gasteiger partial charge is 0.466 e. The Morgan fingerprint density at radius 2 is 2.15 bits per heavy atom. The zero-order valence-corrected chi connectivity index (χ0v) is 11.6. The normalized spacial score (nSPS) is 10.2. The number of ether oxygens (including phenoxy) is 1. The molecule has 1 heterocycles. The number of hydrogen-bond donors (Lipinski definition) is 0. The van der Waals surface area contributed by atoms with E-state index in [0.29, 0.717) is 18.8 Å². The van der Waals surface area contributed by atoms with Gasteiger partial charge in [0.2, 0.25) is 0 Å². The highest BCUT2D eigenvalue weighted by Gasteiger charge is 2.12. The minimum atomic E-state index is -0.254. The summed E-state index contributed by atoms with van der Waals surface area (Å²) in [5, 5.41) is 4.44. The Labute approximate surface area is 118 Å². The highest BCUT2D eigenvalue weighted by atomic mass is 16.5. The van der Waals surface area contributed by atoms with Gasteiger partial charge in [-0.25, -0.2) is 0 Å². The van der Waals surface area contributed by atoms with Crippen molar-refractivity contribution >= 4 is 5.97 Å². The number of benzene rings is 1. The maximum atomic E-state index is 11.5. The zero-order valence-electron chi connectivity index (χ0n) is 11.6. The fraction of sp³-hybridized carbons (Fsp3) is 0.250. The summed E-state index contributed by atoms with van der Waals surface area (Å²) in [5.41, 5.74) is 2.76. The molecule has 0 atom stereocenters. The summed E-state index contributed by atoms with van der Waals surface area (Å²) in [6.45, 7) is 6.52. The third-order valence-corrected chi connectivity index (χ3v) is 2.83. The van der Waals surface area contributed by atoms with Crippen molar-refractivity contribution in [2.24, 2.45) is 0 Å². The van der Waals surface area contributed by atoms with Gasteiger partial charge in [0.1, 0.15) is 0 Å². The van der Waals surface area contributed by atoms with Gasteiger partial charge in [-0.3, -0.25) is 9.48 Å². The molecule has 4 nitrogen and oxygen atoms in total. The van der Waals surface area contributed by atoms with Gasteiger partial charge in [-0.1, -0.05) is 36.4 Å². The molecule has 104 valence electrons. The van der Waals surface area contributed by atoms with Crippen molar-refractivity contribution in [2.75, 3.05) is 6.61 Å². The van der Waals surface area contributed by atoms with E-state index in [4.69, 9.17) is 4.74 Å². The lowest BCUT2D eigenvalue weighted by Gasteiger charge is -2.04. The molecule has 2 aromatic rings. The van der Waals surface area contributed by atoms with Crippen LogP contribution in [0.2, 0.25) is 0 Å². The van der Waals surface area contributed by atoms with Crippen LogP contribution in [0.25, 0.3) is 11.3 Å². The van der Waals surface area contributed by atoms with E-state index in [9.17, 15) is 4.79 Å². The first-order valence-electron chi connectivity index (χ1n) is 6.63. The van der Waals surface area contributed by atoms with E-state index < -0.39 is 0 Å². The summed E-state index contributed by atoms with van der Waals surface area (Å²) in [6.07, 6.45) is 1.98. The number of carbonyl (C=O) groups excluding carboxylic acids is 1. The Morgan fingerprint density at radius 3 is 2.80 bits per heavy atom. The van der Waals surface area contributed by atoms with Gasteiger partial charge in [0, 0.05) is 0 Å². The first-order valence-corrected chi connectivity index (χ1v) is 6.63. The first-order chi connectivity index (χ1) is 9.74. The molecule has 0 bridgehead atoms. The van der Waals surface area contributed by atoms with Crippen molar-refractivity contribution < 1.29 is 9.53 Å². The molecule has 1 aromatic carbocycles. The molecule has 0 aliphatic carbocycles. The van der Waals surface area contributed by atoms with Crippen molar-refractivity contribution in [3.8, 4) is 11.3 Å². The van der Waals surface area contributed by atoms with E-state index in [0.717, 1.165) is 11.3 Å². The summed E-state index contributed by atoms with van der Waals surface area (Å²) in [5.74, 6) is -0.254. The Balaban J connectivity index is 2.29. The van der Waals surface area contributed by atoms with E-state index in [-0.39, 0.29) is 12.4 Å². The molecule has 4 heteroatoms. The smallest absolute Gasteiger partial charge is 0.311 e. The number of aromatic nitrogens is 2. The van der Waals surface area contributed by atoms with Crippen LogP contribution in [0.15, 0.2) is 49.1 Å². The fourth-order valence-electron chi connectivity index (χ4n) is 2.02. The molecule has 0 amide bonds. The highest BCUT2D eigenvalue weighted by molar-refractivity contribution is 5.72. The second-order valence-corrected chi connectivity index (χ2v) is 4.34. The Morgan fingerprint density at radius 1 is 1.40 bits per heavy atom. The number of rotatable bonds is 6. The van der Waals surface area contributed by atoms with Crippen LogP contribution in [0.5, 0.6) is 0 Å². The SMILES string of the molecule is C=CCn1nc(CC(=O)OCC)cc1-c1ccccc1. The molecule has 0 unspecified atom stereocenters. The van der Waals surface area contributed by atoms with Crippen LogP contribution in [0, 0.1) is 0 Å². The van der Waals surface area contributed by atoms with E-state index in [2.05, 4.69) is 11.7 Å². The van der Waals surface area contributed by atoms with Crippen LogP contribution < -0.4 is 0 Å². The molecule has 2 rings (SSSR count). The van der Waals surface area contributed by atoms with Gasteiger partial charge in [0.05, 0.1) is 31.0 Å². The van der Waals surface area contributed by atoms with Crippen molar-refractivity contribution in [1.29, 1.82) is 0 Å². The fourth-order valence-corrected chi connectivity index (χ4v) is 2.02. The minimum Gasteiger partial charge on any atom is -0.466 e. The number of carbonyl (C=O) groups is 1. The molecular weight excluding hydrogens is 252 g/mol. The molecular formula is C16H18N2O2.